The molecule has 2 rings (SSSR count). The molecule has 0 radical (unpaired) electrons. The van der Waals surface area contributed by atoms with Gasteiger partial charge in [0.25, 0.3) is 5.91 Å². The van der Waals surface area contributed by atoms with Crippen molar-refractivity contribution < 1.29 is 4.79 Å². The Morgan fingerprint density at radius 1 is 1.56 bits per heavy atom. The number of rotatable bonds is 4. The highest BCUT2D eigenvalue weighted by Gasteiger charge is 2.27. The number of likely N-dealkylation sites (tertiary alicyclic amines) is 1. The van der Waals surface area contributed by atoms with E-state index in [0.717, 1.165) is 32.4 Å². The molecule has 6 heteroatoms. The SMILES string of the molecule is CNCCC1CCCCN1C(=O)c1c[nH]c(=O)[nH]1. The van der Waals surface area contributed by atoms with Gasteiger partial charge in [-0.3, -0.25) is 4.79 Å². The van der Waals surface area contributed by atoms with Crippen LogP contribution in [0, 0.1) is 0 Å². The first-order valence-electron chi connectivity index (χ1n) is 6.45. The van der Waals surface area contributed by atoms with Crippen LogP contribution in [0.5, 0.6) is 0 Å². The standard InChI is InChI=1S/C12H20N4O2/c1-13-6-5-9-4-2-3-7-16(9)11(17)10-8-14-12(18)15-10/h8-9,13H,2-7H2,1H3,(H2,14,15,18). The molecule has 1 aliphatic heterocycles. The lowest BCUT2D eigenvalue weighted by Gasteiger charge is -2.35. The molecule has 1 unspecified atom stereocenters. The first-order valence-corrected chi connectivity index (χ1v) is 6.45. The number of nitrogens with zero attached hydrogens (tertiary/aromatic N) is 1. The minimum atomic E-state index is -0.331. The summed E-state index contributed by atoms with van der Waals surface area (Å²) in [4.78, 5) is 30.2. The highest BCUT2D eigenvalue weighted by Crippen LogP contribution is 2.20. The summed E-state index contributed by atoms with van der Waals surface area (Å²) in [6, 6.07) is 0.275. The van der Waals surface area contributed by atoms with E-state index in [0.29, 0.717) is 5.69 Å². The van der Waals surface area contributed by atoms with E-state index >= 15 is 0 Å². The highest BCUT2D eigenvalue weighted by atomic mass is 16.2. The molecule has 0 spiro atoms. The molecule has 6 nitrogen and oxygen atoms in total. The summed E-state index contributed by atoms with van der Waals surface area (Å²) in [7, 11) is 1.92. The quantitative estimate of drug-likeness (QED) is 0.721. The van der Waals surface area contributed by atoms with Crippen LogP contribution in [0.2, 0.25) is 0 Å². The Morgan fingerprint density at radius 3 is 3.06 bits per heavy atom. The van der Waals surface area contributed by atoms with Crippen LogP contribution in [0.1, 0.15) is 36.2 Å². The Labute approximate surface area is 106 Å². The molecule has 0 aliphatic carbocycles. The average Bonchev–Trinajstić information content (AvgIpc) is 2.82. The summed E-state index contributed by atoms with van der Waals surface area (Å²) >= 11 is 0. The number of nitrogens with one attached hydrogen (secondary N) is 3. The fourth-order valence-corrected chi connectivity index (χ4v) is 2.48. The zero-order chi connectivity index (χ0) is 13.0. The summed E-state index contributed by atoms with van der Waals surface area (Å²) in [6.45, 7) is 1.68. The van der Waals surface area contributed by atoms with Crippen LogP contribution in [0.25, 0.3) is 0 Å². The minimum Gasteiger partial charge on any atom is -0.334 e. The number of piperidine rings is 1. The van der Waals surface area contributed by atoms with Crippen molar-refractivity contribution in [3.8, 4) is 0 Å². The fourth-order valence-electron chi connectivity index (χ4n) is 2.48. The molecule has 18 heavy (non-hydrogen) atoms. The van der Waals surface area contributed by atoms with Gasteiger partial charge in [0.05, 0.1) is 0 Å². The van der Waals surface area contributed by atoms with E-state index in [-0.39, 0.29) is 17.6 Å². The third-order valence-electron chi connectivity index (χ3n) is 3.44. The first-order chi connectivity index (χ1) is 8.72. The normalized spacial score (nSPS) is 20.1. The molecule has 1 aromatic rings. The second kappa shape index (κ2) is 5.86. The van der Waals surface area contributed by atoms with E-state index in [2.05, 4.69) is 15.3 Å². The maximum atomic E-state index is 12.3. The molecule has 0 saturated carbocycles. The number of amides is 1. The maximum absolute atomic E-state index is 12.3. The van der Waals surface area contributed by atoms with Gasteiger partial charge >= 0.3 is 5.69 Å². The van der Waals surface area contributed by atoms with Crippen molar-refractivity contribution in [2.45, 2.75) is 31.7 Å². The van der Waals surface area contributed by atoms with E-state index in [9.17, 15) is 9.59 Å². The molecular weight excluding hydrogens is 232 g/mol. The van der Waals surface area contributed by atoms with Crippen LogP contribution in [0.3, 0.4) is 0 Å². The van der Waals surface area contributed by atoms with Crippen LogP contribution in [-0.2, 0) is 0 Å². The number of carbonyl (C=O) groups is 1. The van der Waals surface area contributed by atoms with Gasteiger partial charge in [-0.05, 0) is 39.3 Å². The Hall–Kier alpha value is -1.56. The van der Waals surface area contributed by atoms with Crippen LogP contribution in [-0.4, -0.2) is 47.0 Å². The lowest BCUT2D eigenvalue weighted by Crippen LogP contribution is -2.45. The Bertz CT molecular complexity index is 451. The summed E-state index contributed by atoms with van der Waals surface area (Å²) < 4.78 is 0. The third kappa shape index (κ3) is 2.81. The first kappa shape index (κ1) is 12.9. The monoisotopic (exact) mass is 252 g/mol. The topological polar surface area (TPSA) is 81.0 Å². The van der Waals surface area contributed by atoms with Crippen molar-refractivity contribution in [3.63, 3.8) is 0 Å². The van der Waals surface area contributed by atoms with Gasteiger partial charge < -0.3 is 20.2 Å². The van der Waals surface area contributed by atoms with E-state index in [1.807, 2.05) is 11.9 Å². The molecule has 1 aliphatic rings. The van der Waals surface area contributed by atoms with Crippen molar-refractivity contribution in [3.05, 3.63) is 22.4 Å². The van der Waals surface area contributed by atoms with Gasteiger partial charge in [0.15, 0.2) is 0 Å². The molecule has 1 aromatic heterocycles. The maximum Gasteiger partial charge on any atom is 0.323 e. The smallest absolute Gasteiger partial charge is 0.323 e. The summed E-state index contributed by atoms with van der Waals surface area (Å²) in [6.07, 6.45) is 5.66. The molecule has 2 heterocycles. The zero-order valence-electron chi connectivity index (χ0n) is 10.7. The number of hydrogen-bond donors (Lipinski definition) is 3. The molecule has 1 amide bonds. The predicted molar refractivity (Wildman–Crippen MR) is 68.6 cm³/mol. The van der Waals surface area contributed by atoms with Gasteiger partial charge in [0, 0.05) is 18.8 Å². The van der Waals surface area contributed by atoms with Crippen LogP contribution in [0.4, 0.5) is 0 Å². The van der Waals surface area contributed by atoms with Crippen LogP contribution >= 0.6 is 0 Å². The minimum absolute atomic E-state index is 0.0749. The number of H-pyrrole nitrogens is 2. The molecule has 0 bridgehead atoms. The largest absolute Gasteiger partial charge is 0.334 e. The van der Waals surface area contributed by atoms with Crippen molar-refractivity contribution >= 4 is 5.91 Å². The fraction of sp³-hybridized carbons (Fsp3) is 0.667. The number of carbonyl (C=O) groups excluding carboxylic acids is 1. The van der Waals surface area contributed by atoms with Gasteiger partial charge in [-0.2, -0.15) is 0 Å². The number of aromatic nitrogens is 2. The van der Waals surface area contributed by atoms with E-state index < -0.39 is 0 Å². The number of aromatic amines is 2. The molecule has 100 valence electrons. The molecule has 1 atom stereocenters. The van der Waals surface area contributed by atoms with Gasteiger partial charge in [-0.15, -0.1) is 0 Å². The Kier molecular flexibility index (Phi) is 4.19. The second-order valence-corrected chi connectivity index (χ2v) is 4.70. The van der Waals surface area contributed by atoms with Crippen molar-refractivity contribution in [1.82, 2.24) is 20.2 Å². The molecule has 1 fully saturated rings. The molecule has 3 N–H and O–H groups in total. The van der Waals surface area contributed by atoms with Gasteiger partial charge in [-0.25, -0.2) is 4.79 Å². The Balaban J connectivity index is 2.08. The lowest BCUT2D eigenvalue weighted by atomic mass is 9.99. The van der Waals surface area contributed by atoms with Gasteiger partial charge in [0.1, 0.15) is 5.69 Å². The second-order valence-electron chi connectivity index (χ2n) is 4.70. The van der Waals surface area contributed by atoms with Crippen LogP contribution < -0.4 is 11.0 Å². The Morgan fingerprint density at radius 2 is 2.39 bits per heavy atom. The summed E-state index contributed by atoms with van der Waals surface area (Å²) in [5, 5.41) is 3.12. The molecule has 1 saturated heterocycles. The molecule has 0 aromatic carbocycles. The average molecular weight is 252 g/mol. The third-order valence-corrected chi connectivity index (χ3v) is 3.44. The van der Waals surface area contributed by atoms with E-state index in [4.69, 9.17) is 0 Å². The summed E-state index contributed by atoms with van der Waals surface area (Å²) in [5.41, 5.74) is 0.0264. The zero-order valence-corrected chi connectivity index (χ0v) is 10.7. The van der Waals surface area contributed by atoms with Crippen molar-refractivity contribution in [2.24, 2.45) is 0 Å². The van der Waals surface area contributed by atoms with E-state index in [1.54, 1.807) is 0 Å². The van der Waals surface area contributed by atoms with Gasteiger partial charge in [0.2, 0.25) is 0 Å². The molecular formula is C12H20N4O2. The van der Waals surface area contributed by atoms with Crippen molar-refractivity contribution in [2.75, 3.05) is 20.1 Å². The van der Waals surface area contributed by atoms with E-state index in [1.165, 1.54) is 12.6 Å². The highest BCUT2D eigenvalue weighted by molar-refractivity contribution is 5.92. The van der Waals surface area contributed by atoms with Gasteiger partial charge in [-0.1, -0.05) is 0 Å². The lowest BCUT2D eigenvalue weighted by molar-refractivity contribution is 0.0597. The predicted octanol–water partition coefficient (Wildman–Crippen LogP) is 0.307. The number of imidazole rings is 1. The van der Waals surface area contributed by atoms with Crippen LogP contribution in [0.15, 0.2) is 11.0 Å². The summed E-state index contributed by atoms with van der Waals surface area (Å²) in [5.74, 6) is -0.0749. The van der Waals surface area contributed by atoms with Crippen molar-refractivity contribution in [1.29, 1.82) is 0 Å². The number of hydrogen-bond acceptors (Lipinski definition) is 3.